The van der Waals surface area contributed by atoms with Gasteiger partial charge >= 0.3 is 0 Å². The Bertz CT molecular complexity index is 438. The van der Waals surface area contributed by atoms with E-state index in [4.69, 9.17) is 5.73 Å². The van der Waals surface area contributed by atoms with Gasteiger partial charge in [-0.1, -0.05) is 38.5 Å². The van der Waals surface area contributed by atoms with Gasteiger partial charge in [-0.15, -0.1) is 12.4 Å². The Labute approximate surface area is 151 Å². The van der Waals surface area contributed by atoms with Crippen LogP contribution in [0.2, 0.25) is 0 Å². The van der Waals surface area contributed by atoms with Gasteiger partial charge in [0.25, 0.3) is 0 Å². The molecular formula is C18H32ClN3O2. The second-order valence-corrected chi connectivity index (χ2v) is 7.73. The molecule has 2 amide bonds. The van der Waals surface area contributed by atoms with Gasteiger partial charge in [-0.25, -0.2) is 0 Å². The summed E-state index contributed by atoms with van der Waals surface area (Å²) in [6.07, 6.45) is 10.7. The van der Waals surface area contributed by atoms with Gasteiger partial charge in [0, 0.05) is 32.6 Å². The van der Waals surface area contributed by atoms with E-state index in [1.807, 2.05) is 9.80 Å². The standard InChI is InChI=1S/C18H31N3O2.ClH/c19-18(9-3-4-10-18)17(23)21-13-11-20(12-14-21)16(22)8-7-15-5-1-2-6-15;/h15H,1-14,19H2;1H. The average molecular weight is 358 g/mol. The zero-order chi connectivity index (χ0) is 16.3. The minimum atomic E-state index is -0.630. The van der Waals surface area contributed by atoms with Crippen LogP contribution in [0.4, 0.5) is 0 Å². The van der Waals surface area contributed by atoms with Crippen molar-refractivity contribution < 1.29 is 9.59 Å². The predicted molar refractivity (Wildman–Crippen MR) is 97.0 cm³/mol. The van der Waals surface area contributed by atoms with E-state index >= 15 is 0 Å². The molecule has 0 spiro atoms. The van der Waals surface area contributed by atoms with Crippen LogP contribution in [0.5, 0.6) is 0 Å². The molecule has 2 aliphatic carbocycles. The van der Waals surface area contributed by atoms with Crippen molar-refractivity contribution in [2.45, 2.75) is 69.7 Å². The molecule has 0 aromatic heterocycles. The van der Waals surface area contributed by atoms with E-state index < -0.39 is 5.54 Å². The minimum Gasteiger partial charge on any atom is -0.339 e. The fourth-order valence-corrected chi connectivity index (χ4v) is 4.48. The number of nitrogens with zero attached hydrogens (tertiary/aromatic N) is 2. The molecule has 5 nitrogen and oxygen atoms in total. The van der Waals surface area contributed by atoms with Crippen molar-refractivity contribution in [1.29, 1.82) is 0 Å². The van der Waals surface area contributed by atoms with Crippen molar-refractivity contribution in [1.82, 2.24) is 9.80 Å². The molecule has 0 atom stereocenters. The summed E-state index contributed by atoms with van der Waals surface area (Å²) in [5, 5.41) is 0. The summed E-state index contributed by atoms with van der Waals surface area (Å²) in [4.78, 5) is 28.8. The van der Waals surface area contributed by atoms with E-state index in [1.165, 1.54) is 25.7 Å². The van der Waals surface area contributed by atoms with Crippen LogP contribution in [-0.2, 0) is 9.59 Å². The van der Waals surface area contributed by atoms with E-state index in [2.05, 4.69) is 0 Å². The second kappa shape index (κ2) is 8.52. The molecular weight excluding hydrogens is 326 g/mol. The lowest BCUT2D eigenvalue weighted by Gasteiger charge is -2.38. The number of halogens is 1. The summed E-state index contributed by atoms with van der Waals surface area (Å²) in [7, 11) is 0. The number of carbonyl (C=O) groups excluding carboxylic acids is 2. The van der Waals surface area contributed by atoms with Crippen LogP contribution in [-0.4, -0.2) is 53.3 Å². The number of rotatable bonds is 4. The first-order valence-corrected chi connectivity index (χ1v) is 9.44. The summed E-state index contributed by atoms with van der Waals surface area (Å²) in [6, 6.07) is 0. The Morgan fingerprint density at radius 2 is 1.46 bits per heavy atom. The molecule has 1 heterocycles. The summed E-state index contributed by atoms with van der Waals surface area (Å²) < 4.78 is 0. The van der Waals surface area contributed by atoms with Crippen LogP contribution in [0.25, 0.3) is 0 Å². The quantitative estimate of drug-likeness (QED) is 0.839. The Balaban J connectivity index is 0.00000208. The minimum absolute atomic E-state index is 0. The van der Waals surface area contributed by atoms with E-state index in [0.29, 0.717) is 32.6 Å². The first-order valence-electron chi connectivity index (χ1n) is 9.44. The maximum Gasteiger partial charge on any atom is 0.242 e. The van der Waals surface area contributed by atoms with Crippen molar-refractivity contribution in [2.24, 2.45) is 11.7 Å². The predicted octanol–water partition coefficient (Wildman–Crippen LogP) is 2.32. The van der Waals surface area contributed by atoms with Gasteiger partial charge in [-0.05, 0) is 25.2 Å². The molecule has 0 radical (unpaired) electrons. The summed E-state index contributed by atoms with van der Waals surface area (Å²) in [6.45, 7) is 2.64. The third kappa shape index (κ3) is 4.42. The van der Waals surface area contributed by atoms with Crippen LogP contribution in [0.3, 0.4) is 0 Å². The van der Waals surface area contributed by atoms with E-state index in [1.54, 1.807) is 0 Å². The van der Waals surface area contributed by atoms with Crippen LogP contribution in [0.1, 0.15) is 64.2 Å². The molecule has 3 fully saturated rings. The lowest BCUT2D eigenvalue weighted by Crippen LogP contribution is -2.59. The maximum absolute atomic E-state index is 12.6. The van der Waals surface area contributed by atoms with E-state index in [-0.39, 0.29) is 24.2 Å². The van der Waals surface area contributed by atoms with Gasteiger partial charge < -0.3 is 15.5 Å². The van der Waals surface area contributed by atoms with Crippen molar-refractivity contribution in [2.75, 3.05) is 26.2 Å². The van der Waals surface area contributed by atoms with Crippen molar-refractivity contribution >= 4 is 24.2 Å². The van der Waals surface area contributed by atoms with Crippen molar-refractivity contribution in [3.8, 4) is 0 Å². The number of amides is 2. The molecule has 1 aliphatic heterocycles. The van der Waals surface area contributed by atoms with Gasteiger partial charge in [0.1, 0.15) is 0 Å². The molecule has 1 saturated heterocycles. The molecule has 0 aromatic rings. The lowest BCUT2D eigenvalue weighted by molar-refractivity contribution is -0.143. The molecule has 6 heteroatoms. The third-order valence-electron chi connectivity index (χ3n) is 6.08. The Morgan fingerprint density at radius 1 is 0.917 bits per heavy atom. The zero-order valence-electron chi connectivity index (χ0n) is 14.7. The number of hydrogen-bond donors (Lipinski definition) is 1. The monoisotopic (exact) mass is 357 g/mol. The lowest BCUT2D eigenvalue weighted by atomic mass is 9.96. The molecule has 2 saturated carbocycles. The molecule has 3 aliphatic rings. The maximum atomic E-state index is 12.6. The van der Waals surface area contributed by atoms with Gasteiger partial charge in [0.05, 0.1) is 5.54 Å². The number of hydrogen-bond acceptors (Lipinski definition) is 3. The highest BCUT2D eigenvalue weighted by molar-refractivity contribution is 5.87. The van der Waals surface area contributed by atoms with Gasteiger partial charge in [0.2, 0.25) is 11.8 Å². The highest BCUT2D eigenvalue weighted by atomic mass is 35.5. The van der Waals surface area contributed by atoms with Crippen LogP contribution >= 0.6 is 12.4 Å². The number of carbonyl (C=O) groups is 2. The number of nitrogens with two attached hydrogens (primary N) is 1. The Kier molecular flexibility index (Phi) is 6.93. The SMILES string of the molecule is Cl.NC1(C(=O)N2CCN(C(=O)CCC3CCCC3)CC2)CCCC1. The summed E-state index contributed by atoms with van der Waals surface area (Å²) >= 11 is 0. The molecule has 0 bridgehead atoms. The first-order chi connectivity index (χ1) is 11.1. The largest absolute Gasteiger partial charge is 0.339 e. The zero-order valence-corrected chi connectivity index (χ0v) is 15.5. The Morgan fingerprint density at radius 3 is 2.04 bits per heavy atom. The molecule has 0 aromatic carbocycles. The topological polar surface area (TPSA) is 66.6 Å². The molecule has 0 unspecified atom stereocenters. The van der Waals surface area contributed by atoms with Gasteiger partial charge in [-0.3, -0.25) is 9.59 Å². The average Bonchev–Trinajstić information content (AvgIpc) is 3.24. The van der Waals surface area contributed by atoms with Gasteiger partial charge in [-0.2, -0.15) is 0 Å². The van der Waals surface area contributed by atoms with Crippen molar-refractivity contribution in [3.63, 3.8) is 0 Å². The smallest absolute Gasteiger partial charge is 0.242 e. The molecule has 2 N–H and O–H groups in total. The normalized spacial score (nSPS) is 24.0. The van der Waals surface area contributed by atoms with Crippen LogP contribution < -0.4 is 5.73 Å². The number of piperazine rings is 1. The Hall–Kier alpha value is -0.810. The van der Waals surface area contributed by atoms with Crippen molar-refractivity contribution in [3.05, 3.63) is 0 Å². The fraction of sp³-hybridized carbons (Fsp3) is 0.889. The summed E-state index contributed by atoms with van der Waals surface area (Å²) in [5.74, 6) is 1.14. The molecule has 138 valence electrons. The second-order valence-electron chi connectivity index (χ2n) is 7.73. The van der Waals surface area contributed by atoms with Crippen LogP contribution in [0, 0.1) is 5.92 Å². The molecule has 3 rings (SSSR count). The highest BCUT2D eigenvalue weighted by Gasteiger charge is 2.40. The van der Waals surface area contributed by atoms with E-state index in [0.717, 1.165) is 38.0 Å². The third-order valence-corrected chi connectivity index (χ3v) is 6.08. The molecule has 24 heavy (non-hydrogen) atoms. The fourth-order valence-electron chi connectivity index (χ4n) is 4.48. The highest BCUT2D eigenvalue weighted by Crippen LogP contribution is 2.30. The first kappa shape index (κ1) is 19.5. The van der Waals surface area contributed by atoms with E-state index in [9.17, 15) is 9.59 Å². The van der Waals surface area contributed by atoms with Crippen LogP contribution in [0.15, 0.2) is 0 Å². The summed E-state index contributed by atoms with van der Waals surface area (Å²) in [5.41, 5.74) is 5.64. The van der Waals surface area contributed by atoms with Gasteiger partial charge in [0.15, 0.2) is 0 Å².